The molecule has 188 valence electrons. The van der Waals surface area contributed by atoms with Gasteiger partial charge in [-0.2, -0.15) is 0 Å². The van der Waals surface area contributed by atoms with Crippen molar-refractivity contribution in [3.63, 3.8) is 0 Å². The molecule has 1 unspecified atom stereocenters. The van der Waals surface area contributed by atoms with Gasteiger partial charge in [0.1, 0.15) is 0 Å². The fraction of sp³-hybridized carbons (Fsp3) is 0.852. The molecule has 0 aromatic heterocycles. The number of hydrogen-bond donors (Lipinski definition) is 1. The summed E-state index contributed by atoms with van der Waals surface area (Å²) in [5.74, 6) is -1.72. The summed E-state index contributed by atoms with van der Waals surface area (Å²) in [4.78, 5) is 23.5. The van der Waals surface area contributed by atoms with Crippen LogP contribution in [0, 0.1) is 0 Å². The van der Waals surface area contributed by atoms with Gasteiger partial charge in [0, 0.05) is 13.0 Å². The molecule has 0 radical (unpaired) electrons. The van der Waals surface area contributed by atoms with Crippen molar-refractivity contribution in [1.29, 1.82) is 0 Å². The van der Waals surface area contributed by atoms with E-state index >= 15 is 0 Å². The molecule has 5 nitrogen and oxygen atoms in total. The van der Waals surface area contributed by atoms with Crippen molar-refractivity contribution in [2.24, 2.45) is 0 Å². The monoisotopic (exact) mass is 454 g/mol. The zero-order valence-corrected chi connectivity index (χ0v) is 21.3. The first-order chi connectivity index (χ1) is 15.4. The SMILES string of the molecule is CCCCCCCCC=CCCCCCCCCOCCC(OC(C)C)(C(C)=O)C(=O)O. The van der Waals surface area contributed by atoms with Crippen LogP contribution in [0.4, 0.5) is 0 Å². The highest BCUT2D eigenvalue weighted by Crippen LogP contribution is 2.21. The van der Waals surface area contributed by atoms with Crippen LogP contribution in [-0.4, -0.2) is 41.8 Å². The number of allylic oxidation sites excluding steroid dienone is 2. The predicted octanol–water partition coefficient (Wildman–Crippen LogP) is 7.27. The number of carboxylic acid groups (broad SMARTS) is 1. The highest BCUT2D eigenvalue weighted by atomic mass is 16.5. The van der Waals surface area contributed by atoms with Crippen LogP contribution >= 0.6 is 0 Å². The predicted molar refractivity (Wildman–Crippen MR) is 132 cm³/mol. The minimum atomic E-state index is -1.79. The van der Waals surface area contributed by atoms with Crippen LogP contribution in [0.2, 0.25) is 0 Å². The van der Waals surface area contributed by atoms with Crippen LogP contribution in [0.25, 0.3) is 0 Å². The van der Waals surface area contributed by atoms with Crippen LogP contribution in [0.5, 0.6) is 0 Å². The first-order valence-corrected chi connectivity index (χ1v) is 13.0. The summed E-state index contributed by atoms with van der Waals surface area (Å²) in [7, 11) is 0. The quantitative estimate of drug-likeness (QED) is 0.0998. The van der Waals surface area contributed by atoms with Gasteiger partial charge < -0.3 is 14.6 Å². The second kappa shape index (κ2) is 20.4. The molecular weight excluding hydrogens is 404 g/mol. The zero-order chi connectivity index (χ0) is 24.1. The van der Waals surface area contributed by atoms with Crippen molar-refractivity contribution in [3.8, 4) is 0 Å². The number of ether oxygens (including phenoxy) is 2. The standard InChI is InChI=1S/C27H50O5/c1-5-6-7-8-9-10-11-12-13-14-15-16-17-18-19-20-22-31-23-21-27(25(4)28,26(29)30)32-24(2)3/h12-13,24H,5-11,14-23H2,1-4H3,(H,29,30). The lowest BCUT2D eigenvalue weighted by atomic mass is 9.95. The molecule has 0 aromatic carbocycles. The summed E-state index contributed by atoms with van der Waals surface area (Å²) in [6.45, 7) is 7.79. The number of carbonyl (C=O) groups is 2. The molecule has 0 aliphatic rings. The van der Waals surface area contributed by atoms with E-state index in [4.69, 9.17) is 9.47 Å². The second-order valence-corrected chi connectivity index (χ2v) is 9.16. The highest BCUT2D eigenvalue weighted by Gasteiger charge is 2.45. The Hall–Kier alpha value is -1.20. The van der Waals surface area contributed by atoms with Crippen molar-refractivity contribution >= 4 is 11.8 Å². The maximum Gasteiger partial charge on any atom is 0.343 e. The molecule has 0 aromatic rings. The van der Waals surface area contributed by atoms with E-state index in [0.29, 0.717) is 6.61 Å². The number of unbranched alkanes of at least 4 members (excludes halogenated alkanes) is 12. The van der Waals surface area contributed by atoms with Gasteiger partial charge in [0.2, 0.25) is 5.60 Å². The van der Waals surface area contributed by atoms with Crippen molar-refractivity contribution < 1.29 is 24.2 Å². The third kappa shape index (κ3) is 15.6. The summed E-state index contributed by atoms with van der Waals surface area (Å²) >= 11 is 0. The normalized spacial score (nSPS) is 13.7. The Morgan fingerprint density at radius 3 is 1.78 bits per heavy atom. The van der Waals surface area contributed by atoms with E-state index in [2.05, 4.69) is 19.1 Å². The van der Waals surface area contributed by atoms with Crippen LogP contribution in [0.15, 0.2) is 12.2 Å². The van der Waals surface area contributed by atoms with Gasteiger partial charge >= 0.3 is 5.97 Å². The van der Waals surface area contributed by atoms with Crippen molar-refractivity contribution in [2.75, 3.05) is 13.2 Å². The number of carboxylic acids is 1. The molecule has 32 heavy (non-hydrogen) atoms. The maximum atomic E-state index is 11.9. The second-order valence-electron chi connectivity index (χ2n) is 9.16. The van der Waals surface area contributed by atoms with Crippen LogP contribution in [0.3, 0.4) is 0 Å². The summed E-state index contributed by atoms with van der Waals surface area (Å²) in [5, 5.41) is 9.49. The van der Waals surface area contributed by atoms with E-state index in [1.165, 1.54) is 84.0 Å². The van der Waals surface area contributed by atoms with Crippen LogP contribution in [-0.2, 0) is 19.1 Å². The first-order valence-electron chi connectivity index (χ1n) is 13.0. The van der Waals surface area contributed by atoms with Gasteiger partial charge in [-0.25, -0.2) is 4.79 Å². The zero-order valence-electron chi connectivity index (χ0n) is 21.3. The van der Waals surface area contributed by atoms with E-state index in [0.717, 1.165) is 12.8 Å². The Labute approximate surface area is 197 Å². The minimum absolute atomic E-state index is 0.0439. The Bertz CT molecular complexity index is 484. The fourth-order valence-electron chi connectivity index (χ4n) is 3.80. The lowest BCUT2D eigenvalue weighted by Gasteiger charge is -2.29. The fourth-order valence-corrected chi connectivity index (χ4v) is 3.80. The molecule has 0 amide bonds. The van der Waals surface area contributed by atoms with Gasteiger partial charge in [-0.1, -0.05) is 76.9 Å². The van der Waals surface area contributed by atoms with Crippen molar-refractivity contribution in [2.45, 2.75) is 136 Å². The molecule has 0 aliphatic heterocycles. The average Bonchev–Trinajstić information content (AvgIpc) is 2.73. The lowest BCUT2D eigenvalue weighted by molar-refractivity contribution is -0.179. The van der Waals surface area contributed by atoms with E-state index in [1.54, 1.807) is 13.8 Å². The molecule has 0 aliphatic carbocycles. The molecule has 0 fully saturated rings. The Morgan fingerprint density at radius 2 is 1.31 bits per heavy atom. The van der Waals surface area contributed by atoms with Gasteiger partial charge in [0.05, 0.1) is 12.7 Å². The number of aliphatic carboxylic acids is 1. The molecule has 0 spiro atoms. The van der Waals surface area contributed by atoms with Crippen molar-refractivity contribution in [1.82, 2.24) is 0 Å². The Morgan fingerprint density at radius 1 is 0.812 bits per heavy atom. The number of ketones is 1. The molecule has 0 saturated carbocycles. The number of hydrogen-bond acceptors (Lipinski definition) is 4. The maximum absolute atomic E-state index is 11.9. The van der Waals surface area contributed by atoms with Gasteiger partial charge in [0.25, 0.3) is 0 Å². The van der Waals surface area contributed by atoms with Crippen LogP contribution < -0.4 is 0 Å². The minimum Gasteiger partial charge on any atom is -0.479 e. The molecule has 1 N–H and O–H groups in total. The van der Waals surface area contributed by atoms with E-state index < -0.39 is 17.4 Å². The van der Waals surface area contributed by atoms with Crippen LogP contribution in [0.1, 0.15) is 124 Å². The van der Waals surface area contributed by atoms with Gasteiger partial charge in [-0.15, -0.1) is 0 Å². The number of Topliss-reactive ketones (excluding diaryl/α,β-unsaturated/α-hetero) is 1. The molecule has 0 saturated heterocycles. The van der Waals surface area contributed by atoms with Gasteiger partial charge in [-0.05, 0) is 52.9 Å². The van der Waals surface area contributed by atoms with Gasteiger partial charge in [0.15, 0.2) is 5.78 Å². The molecule has 5 heteroatoms. The largest absolute Gasteiger partial charge is 0.479 e. The number of carbonyl (C=O) groups excluding carboxylic acids is 1. The summed E-state index contributed by atoms with van der Waals surface area (Å²) < 4.78 is 11.0. The smallest absolute Gasteiger partial charge is 0.343 e. The molecular formula is C27H50O5. The number of rotatable bonds is 23. The van der Waals surface area contributed by atoms with E-state index in [9.17, 15) is 14.7 Å². The third-order valence-corrected chi connectivity index (χ3v) is 5.75. The van der Waals surface area contributed by atoms with E-state index in [-0.39, 0.29) is 19.1 Å². The first kappa shape index (κ1) is 30.8. The van der Waals surface area contributed by atoms with Gasteiger partial charge in [-0.3, -0.25) is 4.79 Å². The Balaban J connectivity index is 3.61. The molecule has 0 heterocycles. The topological polar surface area (TPSA) is 72.8 Å². The van der Waals surface area contributed by atoms with Crippen molar-refractivity contribution in [3.05, 3.63) is 12.2 Å². The Kier molecular flexibility index (Phi) is 19.6. The molecule has 0 bridgehead atoms. The summed E-state index contributed by atoms with van der Waals surface area (Å²) in [6, 6.07) is 0. The highest BCUT2D eigenvalue weighted by molar-refractivity contribution is 6.05. The summed E-state index contributed by atoms with van der Waals surface area (Å²) in [6.07, 6.45) is 22.1. The molecule has 1 atom stereocenters. The third-order valence-electron chi connectivity index (χ3n) is 5.75. The average molecular weight is 455 g/mol. The lowest BCUT2D eigenvalue weighted by Crippen LogP contribution is -2.50. The summed E-state index contributed by atoms with van der Waals surface area (Å²) in [5.41, 5.74) is -1.79. The van der Waals surface area contributed by atoms with E-state index in [1.807, 2.05) is 0 Å². The molecule has 0 rings (SSSR count).